The number of carboxylic acids is 1. The van der Waals surface area contributed by atoms with Crippen molar-refractivity contribution in [1.29, 1.82) is 0 Å². The number of H-pyrrole nitrogens is 1. The van der Waals surface area contributed by atoms with E-state index in [9.17, 15) is 4.79 Å². The lowest BCUT2D eigenvalue weighted by atomic mass is 10.0. The molecule has 60 valence electrons. The minimum absolute atomic E-state index is 0.257. The average molecular weight is 153 g/mol. The number of hydrogen-bond acceptors (Lipinski definition) is 1. The van der Waals surface area contributed by atoms with E-state index in [0.29, 0.717) is 5.56 Å². The Morgan fingerprint density at radius 1 is 1.55 bits per heavy atom. The quantitative estimate of drug-likeness (QED) is 0.681. The molecule has 0 aromatic carbocycles. The van der Waals surface area contributed by atoms with Gasteiger partial charge in [0.25, 0.3) is 0 Å². The molecule has 0 saturated heterocycles. The lowest BCUT2D eigenvalue weighted by Crippen LogP contribution is -1.99. The Morgan fingerprint density at radius 3 is 2.55 bits per heavy atom. The molecule has 11 heavy (non-hydrogen) atoms. The zero-order valence-corrected chi connectivity index (χ0v) is 6.59. The Morgan fingerprint density at radius 2 is 2.18 bits per heavy atom. The van der Waals surface area contributed by atoms with Crippen LogP contribution in [0.5, 0.6) is 0 Å². The van der Waals surface area contributed by atoms with Crippen LogP contribution in [0.15, 0.2) is 12.4 Å². The third-order valence-corrected chi connectivity index (χ3v) is 1.63. The first kappa shape index (κ1) is 7.85. The van der Waals surface area contributed by atoms with Crippen LogP contribution in [0.25, 0.3) is 0 Å². The van der Waals surface area contributed by atoms with Crippen molar-refractivity contribution in [2.24, 2.45) is 0 Å². The van der Waals surface area contributed by atoms with Crippen molar-refractivity contribution in [3.63, 3.8) is 0 Å². The number of aromatic nitrogens is 1. The Bertz CT molecular complexity index is 263. The molecule has 0 aliphatic heterocycles. The first-order chi connectivity index (χ1) is 5.13. The van der Waals surface area contributed by atoms with Gasteiger partial charge in [0, 0.05) is 12.4 Å². The molecule has 0 aliphatic carbocycles. The summed E-state index contributed by atoms with van der Waals surface area (Å²) in [5, 5.41) is 8.68. The van der Waals surface area contributed by atoms with Gasteiger partial charge in [-0.3, -0.25) is 0 Å². The zero-order valence-electron chi connectivity index (χ0n) is 6.59. The van der Waals surface area contributed by atoms with E-state index in [1.54, 1.807) is 6.20 Å². The lowest BCUT2D eigenvalue weighted by molar-refractivity contribution is 0.0695. The second-order valence-electron chi connectivity index (χ2n) is 2.78. The van der Waals surface area contributed by atoms with Crippen molar-refractivity contribution in [1.82, 2.24) is 4.98 Å². The summed E-state index contributed by atoms with van der Waals surface area (Å²) in [6.45, 7) is 3.94. The van der Waals surface area contributed by atoms with E-state index in [4.69, 9.17) is 5.11 Å². The summed E-state index contributed by atoms with van der Waals surface area (Å²) < 4.78 is 0. The Balaban J connectivity index is 3.06. The minimum Gasteiger partial charge on any atom is -0.478 e. The molecule has 0 amide bonds. The average Bonchev–Trinajstić information content (AvgIpc) is 2.32. The van der Waals surface area contributed by atoms with Gasteiger partial charge in [-0.15, -0.1) is 0 Å². The first-order valence-corrected chi connectivity index (χ1v) is 3.53. The SMILES string of the molecule is CC(C)c1c[nH]cc1C(=O)O. The molecule has 1 heterocycles. The summed E-state index contributed by atoms with van der Waals surface area (Å²) in [6.07, 6.45) is 3.24. The van der Waals surface area contributed by atoms with Crippen LogP contribution in [0.2, 0.25) is 0 Å². The molecule has 2 N–H and O–H groups in total. The molecule has 0 spiro atoms. The summed E-state index contributed by atoms with van der Waals surface area (Å²) in [6, 6.07) is 0. The largest absolute Gasteiger partial charge is 0.478 e. The van der Waals surface area contributed by atoms with E-state index in [1.807, 2.05) is 13.8 Å². The number of rotatable bonds is 2. The smallest absolute Gasteiger partial charge is 0.337 e. The Hall–Kier alpha value is -1.25. The Kier molecular flexibility index (Phi) is 1.98. The minimum atomic E-state index is -0.866. The predicted octanol–water partition coefficient (Wildman–Crippen LogP) is 1.84. The molecule has 0 aliphatic rings. The van der Waals surface area contributed by atoms with Crippen LogP contribution in [-0.4, -0.2) is 16.1 Å². The maximum atomic E-state index is 10.6. The molecule has 0 unspecified atom stereocenters. The fourth-order valence-electron chi connectivity index (χ4n) is 1.04. The van der Waals surface area contributed by atoms with Gasteiger partial charge in [-0.25, -0.2) is 4.79 Å². The molecule has 0 bridgehead atoms. The molecular formula is C8H11NO2. The topological polar surface area (TPSA) is 53.1 Å². The third kappa shape index (κ3) is 1.42. The summed E-state index contributed by atoms with van der Waals surface area (Å²) in [4.78, 5) is 13.3. The van der Waals surface area contributed by atoms with Gasteiger partial charge in [0.05, 0.1) is 5.56 Å². The normalized spacial score (nSPS) is 10.5. The summed E-state index contributed by atoms with van der Waals surface area (Å²) in [5.41, 5.74) is 1.23. The predicted molar refractivity (Wildman–Crippen MR) is 41.8 cm³/mol. The van der Waals surface area contributed by atoms with E-state index in [0.717, 1.165) is 5.56 Å². The molecule has 3 heteroatoms. The summed E-state index contributed by atoms with van der Waals surface area (Å²) in [5.74, 6) is -0.609. The van der Waals surface area contributed by atoms with Crippen molar-refractivity contribution in [2.75, 3.05) is 0 Å². The molecule has 1 aromatic rings. The summed E-state index contributed by atoms with van der Waals surface area (Å²) >= 11 is 0. The molecule has 0 saturated carbocycles. The molecule has 0 atom stereocenters. The van der Waals surface area contributed by atoms with Gasteiger partial charge in [-0.1, -0.05) is 13.8 Å². The van der Waals surface area contributed by atoms with E-state index < -0.39 is 5.97 Å². The highest BCUT2D eigenvalue weighted by molar-refractivity contribution is 5.89. The van der Waals surface area contributed by atoms with Crippen LogP contribution in [-0.2, 0) is 0 Å². The van der Waals surface area contributed by atoms with Crippen LogP contribution >= 0.6 is 0 Å². The van der Waals surface area contributed by atoms with Crippen LogP contribution in [0, 0.1) is 0 Å². The van der Waals surface area contributed by atoms with Crippen LogP contribution < -0.4 is 0 Å². The zero-order chi connectivity index (χ0) is 8.43. The monoisotopic (exact) mass is 153 g/mol. The van der Waals surface area contributed by atoms with Gasteiger partial charge in [-0.2, -0.15) is 0 Å². The van der Waals surface area contributed by atoms with Crippen molar-refractivity contribution in [3.8, 4) is 0 Å². The number of aromatic carboxylic acids is 1. The highest BCUT2D eigenvalue weighted by Gasteiger charge is 2.12. The van der Waals surface area contributed by atoms with Crippen molar-refractivity contribution >= 4 is 5.97 Å². The second kappa shape index (κ2) is 2.78. The number of aromatic amines is 1. The summed E-state index contributed by atoms with van der Waals surface area (Å²) in [7, 11) is 0. The van der Waals surface area contributed by atoms with Crippen molar-refractivity contribution in [2.45, 2.75) is 19.8 Å². The standard InChI is InChI=1S/C8H11NO2/c1-5(2)6-3-9-4-7(6)8(10)11/h3-5,9H,1-2H3,(H,10,11). The molecule has 1 rings (SSSR count). The van der Waals surface area contributed by atoms with E-state index >= 15 is 0 Å². The van der Waals surface area contributed by atoms with Gasteiger partial charge in [0.15, 0.2) is 0 Å². The highest BCUT2D eigenvalue weighted by atomic mass is 16.4. The maximum Gasteiger partial charge on any atom is 0.337 e. The van der Waals surface area contributed by atoms with Crippen LogP contribution in [0.4, 0.5) is 0 Å². The van der Waals surface area contributed by atoms with Gasteiger partial charge >= 0.3 is 5.97 Å². The number of hydrogen-bond donors (Lipinski definition) is 2. The molecule has 0 fully saturated rings. The molecule has 1 aromatic heterocycles. The third-order valence-electron chi connectivity index (χ3n) is 1.63. The number of nitrogens with one attached hydrogen (secondary N) is 1. The molecule has 0 radical (unpaired) electrons. The van der Waals surface area contributed by atoms with E-state index in [2.05, 4.69) is 4.98 Å². The second-order valence-corrected chi connectivity index (χ2v) is 2.78. The van der Waals surface area contributed by atoms with Gasteiger partial charge in [0.2, 0.25) is 0 Å². The Labute approximate surface area is 65.1 Å². The van der Waals surface area contributed by atoms with Crippen molar-refractivity contribution < 1.29 is 9.90 Å². The van der Waals surface area contributed by atoms with E-state index in [1.165, 1.54) is 6.20 Å². The van der Waals surface area contributed by atoms with E-state index in [-0.39, 0.29) is 5.92 Å². The number of carbonyl (C=O) groups is 1. The lowest BCUT2D eigenvalue weighted by Gasteiger charge is -2.01. The number of carboxylic acid groups (broad SMARTS) is 1. The first-order valence-electron chi connectivity index (χ1n) is 3.53. The van der Waals surface area contributed by atoms with Crippen LogP contribution in [0.3, 0.4) is 0 Å². The molecule has 3 nitrogen and oxygen atoms in total. The highest BCUT2D eigenvalue weighted by Crippen LogP contribution is 2.18. The van der Waals surface area contributed by atoms with Gasteiger partial charge in [-0.05, 0) is 11.5 Å². The van der Waals surface area contributed by atoms with Gasteiger partial charge in [0.1, 0.15) is 0 Å². The van der Waals surface area contributed by atoms with Crippen LogP contribution in [0.1, 0.15) is 35.7 Å². The fourth-order valence-corrected chi connectivity index (χ4v) is 1.04. The van der Waals surface area contributed by atoms with Gasteiger partial charge < -0.3 is 10.1 Å². The van der Waals surface area contributed by atoms with Crippen molar-refractivity contribution in [3.05, 3.63) is 23.5 Å². The maximum absolute atomic E-state index is 10.6. The molecular weight excluding hydrogens is 142 g/mol. The fraction of sp³-hybridized carbons (Fsp3) is 0.375.